The van der Waals surface area contributed by atoms with E-state index in [0.717, 1.165) is 79.8 Å². The maximum absolute atomic E-state index is 13.4. The maximum Gasteiger partial charge on any atom is 0.293 e. The lowest BCUT2D eigenvalue weighted by molar-refractivity contribution is -0.136. The lowest BCUT2D eigenvalue weighted by Crippen LogP contribution is -2.54. The summed E-state index contributed by atoms with van der Waals surface area (Å²) in [6.07, 6.45) is 5.69. The van der Waals surface area contributed by atoms with E-state index in [4.69, 9.17) is 21.3 Å². The second kappa shape index (κ2) is 17.0. The van der Waals surface area contributed by atoms with Crippen molar-refractivity contribution in [1.29, 1.82) is 0 Å². The van der Waals surface area contributed by atoms with Crippen molar-refractivity contribution in [2.45, 2.75) is 70.4 Å². The minimum absolute atomic E-state index is 0.0864. The molecule has 4 aliphatic rings. The molecule has 3 N–H and O–H groups in total. The van der Waals surface area contributed by atoms with Crippen LogP contribution in [0.4, 0.5) is 17.5 Å². The molecule has 17 heteroatoms. The number of hydrogen-bond acceptors (Lipinski definition) is 12. The second-order valence-corrected chi connectivity index (χ2v) is 16.7. The Morgan fingerprint density at radius 3 is 2.40 bits per heavy atom. The van der Waals surface area contributed by atoms with Crippen LogP contribution in [-0.2, 0) is 14.4 Å². The molecule has 4 aliphatic heterocycles. The summed E-state index contributed by atoms with van der Waals surface area (Å²) in [6.45, 7) is 8.04. The molecule has 0 bridgehead atoms. The summed E-state index contributed by atoms with van der Waals surface area (Å²) in [6, 6.07) is 11.6. The monoisotopic (exact) mass is 837 g/mol. The molecule has 0 aliphatic carbocycles. The van der Waals surface area contributed by atoms with Crippen molar-refractivity contribution in [3.8, 4) is 5.75 Å². The zero-order valence-electron chi connectivity index (χ0n) is 33.8. The van der Waals surface area contributed by atoms with Gasteiger partial charge in [-0.25, -0.2) is 4.98 Å². The Labute approximate surface area is 351 Å². The predicted octanol–water partition coefficient (Wildman–Crippen LogP) is 4.39. The van der Waals surface area contributed by atoms with E-state index in [2.05, 4.69) is 30.7 Å². The number of fused-ring (bicyclic) bond motifs is 2. The SMILES string of the molecule is CNC(=O)COc1cc2cc(Nc3nc(N4CCC(CN5CCC(c6ccc7c(c6)C(=O)N(C6CCC(=O)NC6=O)C7=O)CC5)CC4)ncc3Cl)ccc2n(C(C)C)c1=O. The van der Waals surface area contributed by atoms with Crippen molar-refractivity contribution < 1.29 is 28.7 Å². The van der Waals surface area contributed by atoms with Gasteiger partial charge in [0.15, 0.2) is 18.2 Å². The Balaban J connectivity index is 0.854. The largest absolute Gasteiger partial charge is 0.478 e. The maximum atomic E-state index is 13.4. The molecule has 5 amide bonds. The number of nitrogens with zero attached hydrogens (tertiary/aromatic N) is 6. The van der Waals surface area contributed by atoms with Crippen LogP contribution in [0.1, 0.15) is 90.6 Å². The number of carbonyl (C=O) groups excluding carboxylic acids is 5. The van der Waals surface area contributed by atoms with Crippen LogP contribution >= 0.6 is 11.6 Å². The average molecular weight is 838 g/mol. The van der Waals surface area contributed by atoms with Crippen LogP contribution in [0.3, 0.4) is 0 Å². The molecule has 60 heavy (non-hydrogen) atoms. The summed E-state index contributed by atoms with van der Waals surface area (Å²) in [5.41, 5.74) is 2.79. The summed E-state index contributed by atoms with van der Waals surface area (Å²) in [5, 5.41) is 9.19. The minimum atomic E-state index is -0.974. The van der Waals surface area contributed by atoms with Crippen LogP contribution < -0.4 is 31.1 Å². The van der Waals surface area contributed by atoms with Crippen LogP contribution in [-0.4, -0.2) is 106 Å². The number of likely N-dealkylation sites (tertiary alicyclic amines) is 1. The number of nitrogens with one attached hydrogen (secondary N) is 3. The molecule has 3 fully saturated rings. The summed E-state index contributed by atoms with van der Waals surface area (Å²) < 4.78 is 7.25. The van der Waals surface area contributed by atoms with Gasteiger partial charge in [0.1, 0.15) is 11.1 Å². The molecule has 0 radical (unpaired) electrons. The molecule has 3 saturated heterocycles. The van der Waals surface area contributed by atoms with Crippen molar-refractivity contribution in [3.05, 3.63) is 80.7 Å². The molecule has 0 saturated carbocycles. The number of ether oxygens (including phenoxy) is 1. The van der Waals surface area contributed by atoms with Crippen LogP contribution in [0.25, 0.3) is 10.9 Å². The first kappa shape index (κ1) is 40.9. The topological polar surface area (TPSA) is 188 Å². The minimum Gasteiger partial charge on any atom is -0.478 e. The number of carbonyl (C=O) groups is 5. The predicted molar refractivity (Wildman–Crippen MR) is 225 cm³/mol. The smallest absolute Gasteiger partial charge is 0.293 e. The third kappa shape index (κ3) is 8.17. The highest BCUT2D eigenvalue weighted by molar-refractivity contribution is 6.33. The van der Waals surface area contributed by atoms with E-state index in [0.29, 0.717) is 39.5 Å². The van der Waals surface area contributed by atoms with Gasteiger partial charge >= 0.3 is 0 Å². The fraction of sp³-hybridized carbons (Fsp3) is 0.442. The number of hydrogen-bond donors (Lipinski definition) is 3. The van der Waals surface area contributed by atoms with E-state index < -0.39 is 29.7 Å². The van der Waals surface area contributed by atoms with Gasteiger partial charge < -0.3 is 29.7 Å². The summed E-state index contributed by atoms with van der Waals surface area (Å²) >= 11 is 6.59. The van der Waals surface area contributed by atoms with Gasteiger partial charge in [0, 0.05) is 50.2 Å². The number of halogens is 1. The number of pyridine rings is 1. The van der Waals surface area contributed by atoms with E-state index in [1.165, 1.54) is 7.05 Å². The van der Waals surface area contributed by atoms with Crippen LogP contribution in [0.2, 0.25) is 5.02 Å². The first-order valence-corrected chi connectivity index (χ1v) is 20.9. The second-order valence-electron chi connectivity index (χ2n) is 16.3. The summed E-state index contributed by atoms with van der Waals surface area (Å²) in [7, 11) is 1.51. The van der Waals surface area contributed by atoms with Gasteiger partial charge in [0.2, 0.25) is 17.8 Å². The Morgan fingerprint density at radius 1 is 0.933 bits per heavy atom. The van der Waals surface area contributed by atoms with Crippen molar-refractivity contribution >= 4 is 69.5 Å². The summed E-state index contributed by atoms with van der Waals surface area (Å²) in [5.74, 6) is -0.374. The van der Waals surface area contributed by atoms with Gasteiger partial charge in [0.05, 0.1) is 22.8 Å². The van der Waals surface area contributed by atoms with Crippen molar-refractivity contribution in [1.82, 2.24) is 35.0 Å². The Hall–Kier alpha value is -5.87. The van der Waals surface area contributed by atoms with E-state index >= 15 is 0 Å². The molecule has 2 aromatic carbocycles. The lowest BCUT2D eigenvalue weighted by atomic mass is 9.87. The van der Waals surface area contributed by atoms with Gasteiger partial charge in [0.25, 0.3) is 23.3 Å². The number of rotatable bonds is 11. The third-order valence-corrected chi connectivity index (χ3v) is 12.4. The van der Waals surface area contributed by atoms with E-state index in [9.17, 15) is 28.8 Å². The molecule has 0 spiro atoms. The normalized spacial score (nSPS) is 19.2. The fourth-order valence-electron chi connectivity index (χ4n) is 8.84. The van der Waals surface area contributed by atoms with Crippen molar-refractivity contribution in [2.24, 2.45) is 5.92 Å². The van der Waals surface area contributed by atoms with E-state index in [1.54, 1.807) is 22.9 Å². The lowest BCUT2D eigenvalue weighted by Gasteiger charge is -2.38. The zero-order valence-corrected chi connectivity index (χ0v) is 34.6. The van der Waals surface area contributed by atoms with E-state index in [1.807, 2.05) is 44.2 Å². The van der Waals surface area contributed by atoms with Gasteiger partial charge in [-0.15, -0.1) is 0 Å². The molecule has 1 atom stereocenters. The van der Waals surface area contributed by atoms with Crippen molar-refractivity contribution in [2.75, 3.05) is 56.6 Å². The fourth-order valence-corrected chi connectivity index (χ4v) is 8.97. The Bertz CT molecular complexity index is 2440. The van der Waals surface area contributed by atoms with Gasteiger partial charge in [-0.05, 0) is 113 Å². The van der Waals surface area contributed by atoms with Crippen LogP contribution in [0.5, 0.6) is 5.75 Å². The van der Waals surface area contributed by atoms with Crippen molar-refractivity contribution in [3.63, 3.8) is 0 Å². The molecule has 4 aromatic rings. The highest BCUT2D eigenvalue weighted by Gasteiger charge is 2.45. The molecular weight excluding hydrogens is 790 g/mol. The number of likely N-dealkylation sites (N-methyl/N-ethyl adjacent to an activating group) is 1. The first-order valence-electron chi connectivity index (χ1n) is 20.5. The molecule has 314 valence electrons. The highest BCUT2D eigenvalue weighted by atomic mass is 35.5. The molecule has 8 rings (SSSR count). The van der Waals surface area contributed by atoms with Crippen LogP contribution in [0, 0.1) is 5.92 Å². The Morgan fingerprint density at radius 2 is 1.68 bits per heavy atom. The number of piperidine rings is 3. The Kier molecular flexibility index (Phi) is 11.6. The molecular formula is C43H48ClN9O7. The number of benzene rings is 2. The van der Waals surface area contributed by atoms with E-state index in [-0.39, 0.29) is 48.6 Å². The molecule has 2 aromatic heterocycles. The van der Waals surface area contributed by atoms with Gasteiger partial charge in [-0.1, -0.05) is 17.7 Å². The number of imide groups is 2. The quantitative estimate of drug-likeness (QED) is 0.181. The molecule has 6 heterocycles. The number of aromatic nitrogens is 3. The zero-order chi connectivity index (χ0) is 42.2. The highest BCUT2D eigenvalue weighted by Crippen LogP contribution is 2.35. The van der Waals surface area contributed by atoms with Gasteiger partial charge in [-0.2, -0.15) is 4.98 Å². The number of anilines is 3. The standard InChI is InChI=1S/C43H48ClN9O7/c1-24(2)52-33-7-5-29(18-28(33)20-35(42(52)59)60-23-37(55)45-3)47-38-32(44)21-46-43(49-38)51-16-10-25(11-17-51)22-50-14-12-26(13-15-50)27-4-6-30-31(19-27)41(58)53(40(30)57)34-8-9-36(54)48-39(34)56/h4-7,18-21,24-26,34H,8-17,22-23H2,1-3H3,(H,45,55)(H,46,47,49)(H,48,54,56). The third-order valence-electron chi connectivity index (χ3n) is 12.1. The van der Waals surface area contributed by atoms with Gasteiger partial charge in [-0.3, -0.25) is 39.0 Å². The first-order chi connectivity index (χ1) is 28.9. The number of amides is 5. The summed E-state index contributed by atoms with van der Waals surface area (Å²) in [4.78, 5) is 90.8. The average Bonchev–Trinajstić information content (AvgIpc) is 3.48. The van der Waals surface area contributed by atoms with Crippen LogP contribution in [0.15, 0.2) is 53.5 Å². The molecule has 16 nitrogen and oxygen atoms in total. The molecule has 1 unspecified atom stereocenters.